The zero-order valence-electron chi connectivity index (χ0n) is 11.0. The normalized spacial score (nSPS) is 10.5. The number of carbonyl (C=O) groups is 1. The van der Waals surface area contributed by atoms with Crippen LogP contribution >= 0.6 is 0 Å². The molecule has 0 atom stereocenters. The van der Waals surface area contributed by atoms with Crippen molar-refractivity contribution in [3.8, 4) is 6.07 Å². The number of hydrazone groups is 1. The van der Waals surface area contributed by atoms with Gasteiger partial charge in [0.1, 0.15) is 18.3 Å². The molecule has 0 aliphatic rings. The van der Waals surface area contributed by atoms with Crippen LogP contribution in [0.3, 0.4) is 0 Å². The Morgan fingerprint density at radius 3 is 3.00 bits per heavy atom. The Morgan fingerprint density at radius 1 is 1.55 bits per heavy atom. The molecule has 110 valence electrons. The molecule has 1 N–H and O–H groups in total. The maximum atomic E-state index is 12.2. The minimum atomic E-state index is -0.625. The highest BCUT2D eigenvalue weighted by molar-refractivity contribution is 5.88. The Bertz CT molecular complexity index is 878. The Balaban J connectivity index is 2.36. The van der Waals surface area contributed by atoms with Crippen LogP contribution in [-0.2, 0) is 4.79 Å². The van der Waals surface area contributed by atoms with Gasteiger partial charge >= 0.3 is 0 Å². The number of non-ortho nitro benzene ring substituents is 1. The fourth-order valence-electron chi connectivity index (χ4n) is 1.62. The molecule has 0 radical (unpaired) electrons. The van der Waals surface area contributed by atoms with Crippen molar-refractivity contribution >= 4 is 28.8 Å². The number of fused-ring (bicyclic) bond motifs is 1. The van der Waals surface area contributed by atoms with Gasteiger partial charge in [-0.1, -0.05) is 0 Å². The molecule has 1 amide bonds. The van der Waals surface area contributed by atoms with E-state index in [1.54, 1.807) is 6.07 Å². The predicted octanol–water partition coefficient (Wildman–Crippen LogP) is 1.06. The fourth-order valence-corrected chi connectivity index (χ4v) is 1.62. The SMILES string of the molecule is N#CCC(=O)N/N=C/c1coc2ccc([N+](=O)[O-])cc2c1=O. The van der Waals surface area contributed by atoms with Crippen molar-refractivity contribution in [2.24, 2.45) is 5.10 Å². The summed E-state index contributed by atoms with van der Waals surface area (Å²) in [5, 5.41) is 22.6. The summed E-state index contributed by atoms with van der Waals surface area (Å²) in [4.78, 5) is 33.3. The number of amides is 1. The van der Waals surface area contributed by atoms with Crippen molar-refractivity contribution < 1.29 is 14.1 Å². The lowest BCUT2D eigenvalue weighted by atomic mass is 10.1. The minimum absolute atomic E-state index is 0.00487. The Labute approximate surface area is 122 Å². The lowest BCUT2D eigenvalue weighted by molar-refractivity contribution is -0.384. The van der Waals surface area contributed by atoms with Gasteiger partial charge in [-0.3, -0.25) is 19.7 Å². The van der Waals surface area contributed by atoms with Gasteiger partial charge in [-0.15, -0.1) is 0 Å². The van der Waals surface area contributed by atoms with Crippen molar-refractivity contribution in [1.82, 2.24) is 5.43 Å². The number of hydrogen-bond donors (Lipinski definition) is 1. The Hall–Kier alpha value is -3.54. The minimum Gasteiger partial charge on any atom is -0.463 e. The molecule has 0 unspecified atom stereocenters. The van der Waals surface area contributed by atoms with Crippen LogP contribution in [0.1, 0.15) is 12.0 Å². The van der Waals surface area contributed by atoms with E-state index in [1.165, 1.54) is 12.1 Å². The molecule has 0 fully saturated rings. The van der Waals surface area contributed by atoms with Crippen LogP contribution in [0.25, 0.3) is 11.0 Å². The van der Waals surface area contributed by atoms with Crippen molar-refractivity contribution in [2.75, 3.05) is 0 Å². The largest absolute Gasteiger partial charge is 0.463 e. The third kappa shape index (κ3) is 3.13. The highest BCUT2D eigenvalue weighted by Gasteiger charge is 2.11. The fraction of sp³-hybridized carbons (Fsp3) is 0.0769. The smallest absolute Gasteiger partial charge is 0.270 e. The summed E-state index contributed by atoms with van der Waals surface area (Å²) < 4.78 is 5.18. The molecule has 0 aliphatic carbocycles. The number of nitro groups is 1. The van der Waals surface area contributed by atoms with E-state index >= 15 is 0 Å². The molecule has 0 bridgehead atoms. The van der Waals surface area contributed by atoms with E-state index in [9.17, 15) is 19.7 Å². The van der Waals surface area contributed by atoms with Gasteiger partial charge in [-0.05, 0) is 6.07 Å². The highest BCUT2D eigenvalue weighted by Crippen LogP contribution is 2.18. The number of nitriles is 1. The van der Waals surface area contributed by atoms with Crippen LogP contribution in [0.5, 0.6) is 0 Å². The van der Waals surface area contributed by atoms with E-state index < -0.39 is 16.3 Å². The average molecular weight is 300 g/mol. The maximum Gasteiger partial charge on any atom is 0.270 e. The van der Waals surface area contributed by atoms with Gasteiger partial charge in [-0.25, -0.2) is 5.43 Å². The molecule has 9 heteroatoms. The molecule has 0 spiro atoms. The molecular weight excluding hydrogens is 292 g/mol. The third-order valence-corrected chi connectivity index (χ3v) is 2.63. The zero-order chi connectivity index (χ0) is 16.1. The first-order chi connectivity index (χ1) is 10.5. The third-order valence-electron chi connectivity index (χ3n) is 2.63. The van der Waals surface area contributed by atoms with Gasteiger partial charge < -0.3 is 4.42 Å². The van der Waals surface area contributed by atoms with Gasteiger partial charge in [0.2, 0.25) is 5.43 Å². The number of benzene rings is 1. The van der Waals surface area contributed by atoms with E-state index in [0.717, 1.165) is 18.5 Å². The van der Waals surface area contributed by atoms with Crippen LogP contribution in [0, 0.1) is 21.4 Å². The summed E-state index contributed by atoms with van der Waals surface area (Å²) in [5.74, 6) is -0.625. The number of carbonyl (C=O) groups excluding carboxylic acids is 1. The Morgan fingerprint density at radius 2 is 2.32 bits per heavy atom. The number of nitrogens with zero attached hydrogens (tertiary/aromatic N) is 3. The summed E-state index contributed by atoms with van der Waals surface area (Å²) >= 11 is 0. The van der Waals surface area contributed by atoms with E-state index in [4.69, 9.17) is 9.68 Å². The monoisotopic (exact) mass is 300 g/mol. The van der Waals surface area contributed by atoms with Gasteiger partial charge in [0.05, 0.1) is 28.2 Å². The second-order valence-corrected chi connectivity index (χ2v) is 4.09. The predicted molar refractivity (Wildman–Crippen MR) is 75.1 cm³/mol. The quantitative estimate of drug-likeness (QED) is 0.509. The summed E-state index contributed by atoms with van der Waals surface area (Å²) in [6.45, 7) is 0. The second kappa shape index (κ2) is 6.27. The van der Waals surface area contributed by atoms with Crippen molar-refractivity contribution in [3.05, 3.63) is 50.4 Å². The van der Waals surface area contributed by atoms with E-state index in [-0.39, 0.29) is 28.6 Å². The van der Waals surface area contributed by atoms with E-state index in [1.807, 2.05) is 0 Å². The molecule has 1 aromatic heterocycles. The molecule has 2 rings (SSSR count). The zero-order valence-corrected chi connectivity index (χ0v) is 11.0. The lowest BCUT2D eigenvalue weighted by Crippen LogP contribution is -2.17. The molecule has 0 saturated heterocycles. The van der Waals surface area contributed by atoms with Gasteiger partial charge in [-0.2, -0.15) is 10.4 Å². The topological polar surface area (TPSA) is 139 Å². The highest BCUT2D eigenvalue weighted by atomic mass is 16.6. The van der Waals surface area contributed by atoms with Crippen LogP contribution in [0.2, 0.25) is 0 Å². The van der Waals surface area contributed by atoms with Gasteiger partial charge in [0.15, 0.2) is 0 Å². The number of rotatable bonds is 4. The summed E-state index contributed by atoms with van der Waals surface area (Å²) in [7, 11) is 0. The molecule has 0 aliphatic heterocycles. The average Bonchev–Trinajstić information content (AvgIpc) is 2.49. The van der Waals surface area contributed by atoms with Crippen LogP contribution < -0.4 is 10.9 Å². The van der Waals surface area contributed by atoms with E-state index in [2.05, 4.69) is 10.5 Å². The first kappa shape index (κ1) is 14.9. The molecule has 1 heterocycles. The first-order valence-electron chi connectivity index (χ1n) is 5.91. The number of hydrogen-bond acceptors (Lipinski definition) is 7. The summed E-state index contributed by atoms with van der Waals surface area (Å²) in [5.41, 5.74) is 1.49. The van der Waals surface area contributed by atoms with Crippen LogP contribution in [0.4, 0.5) is 5.69 Å². The van der Waals surface area contributed by atoms with Gasteiger partial charge in [0, 0.05) is 12.1 Å². The summed E-state index contributed by atoms with van der Waals surface area (Å²) in [6, 6.07) is 5.29. The maximum absolute atomic E-state index is 12.2. The Kier molecular flexibility index (Phi) is 4.24. The molecule has 0 saturated carbocycles. The number of nitrogens with one attached hydrogen (secondary N) is 1. The standard InChI is InChI=1S/C13H8N4O5/c14-4-3-12(18)16-15-6-8-7-22-11-2-1-9(17(20)21)5-10(11)13(8)19/h1-2,5-7H,3H2,(H,16,18)/b15-6+. The lowest BCUT2D eigenvalue weighted by Gasteiger charge is -1.98. The number of nitro benzene ring substituents is 1. The first-order valence-corrected chi connectivity index (χ1v) is 5.91. The molecular formula is C13H8N4O5. The molecule has 22 heavy (non-hydrogen) atoms. The second-order valence-electron chi connectivity index (χ2n) is 4.09. The van der Waals surface area contributed by atoms with Crippen molar-refractivity contribution in [3.63, 3.8) is 0 Å². The molecule has 9 nitrogen and oxygen atoms in total. The van der Waals surface area contributed by atoms with Crippen LogP contribution in [0.15, 0.2) is 38.8 Å². The van der Waals surface area contributed by atoms with Crippen LogP contribution in [-0.4, -0.2) is 17.0 Å². The van der Waals surface area contributed by atoms with Crippen molar-refractivity contribution in [2.45, 2.75) is 6.42 Å². The van der Waals surface area contributed by atoms with E-state index in [0.29, 0.717) is 0 Å². The molecule has 2 aromatic rings. The molecule has 1 aromatic carbocycles. The van der Waals surface area contributed by atoms with Gasteiger partial charge in [0.25, 0.3) is 11.6 Å². The summed E-state index contributed by atoms with van der Waals surface area (Å²) in [6.07, 6.45) is 1.80. The van der Waals surface area contributed by atoms with Crippen molar-refractivity contribution in [1.29, 1.82) is 5.26 Å².